The van der Waals surface area contributed by atoms with Crippen molar-refractivity contribution in [2.45, 2.75) is 24.9 Å². The Morgan fingerprint density at radius 1 is 1.32 bits per heavy atom. The minimum absolute atomic E-state index is 0.132. The molecule has 142 valence electrons. The summed E-state index contributed by atoms with van der Waals surface area (Å²) in [6.07, 6.45) is -2.17. The summed E-state index contributed by atoms with van der Waals surface area (Å²) >= 11 is 0. The number of rotatable bonds is 8. The molecule has 0 bridgehead atoms. The first kappa shape index (κ1) is 21.2. The van der Waals surface area contributed by atoms with Crippen molar-refractivity contribution in [3.05, 3.63) is 30.6 Å². The lowest BCUT2D eigenvalue weighted by molar-refractivity contribution is -0.139. The number of sulfonamides is 1. The molecule has 0 radical (unpaired) electrons. The lowest BCUT2D eigenvalue weighted by Crippen LogP contribution is -2.39. The van der Waals surface area contributed by atoms with Crippen LogP contribution < -0.4 is 0 Å². The molecule has 0 aromatic carbocycles. The van der Waals surface area contributed by atoms with Crippen LogP contribution >= 0.6 is 0 Å². The quantitative estimate of drug-likeness (QED) is 0.649. The molecule has 1 heterocycles. The summed E-state index contributed by atoms with van der Waals surface area (Å²) in [6.45, 7) is 5.43. The summed E-state index contributed by atoms with van der Waals surface area (Å²) < 4.78 is 65.4. The molecule has 0 spiro atoms. The van der Waals surface area contributed by atoms with Crippen LogP contribution in [0.3, 0.4) is 0 Å². The van der Waals surface area contributed by atoms with E-state index in [9.17, 15) is 26.4 Å². The summed E-state index contributed by atoms with van der Waals surface area (Å²) in [5, 5.41) is 0. The molecule has 1 aromatic rings. The monoisotopic (exact) mass is 381 g/mol. The Hall–Kier alpha value is -1.81. The Balaban J connectivity index is 3.24. The first-order chi connectivity index (χ1) is 11.5. The van der Waals surface area contributed by atoms with Gasteiger partial charge in [0.1, 0.15) is 17.1 Å². The van der Waals surface area contributed by atoms with Crippen LogP contribution in [-0.4, -0.2) is 60.5 Å². The Morgan fingerprint density at radius 2 is 1.88 bits per heavy atom. The molecule has 0 fully saturated rings. The van der Waals surface area contributed by atoms with Gasteiger partial charge in [0.25, 0.3) is 5.91 Å². The SMILES string of the molecule is C=CCN(CC(F)(F)F)C(=O)c1cc(S(=O)(=O)N(CC)CC)cn1C. The number of alkyl halides is 3. The molecule has 10 heteroatoms. The summed E-state index contributed by atoms with van der Waals surface area (Å²) in [5.41, 5.74) is -0.142. The van der Waals surface area contributed by atoms with Crippen LogP contribution in [0.4, 0.5) is 13.2 Å². The van der Waals surface area contributed by atoms with Crippen molar-refractivity contribution in [3.8, 4) is 0 Å². The summed E-state index contributed by atoms with van der Waals surface area (Å²) in [5.74, 6) is -0.916. The third-order valence-corrected chi connectivity index (χ3v) is 5.56. The van der Waals surface area contributed by atoms with Gasteiger partial charge in [-0.25, -0.2) is 8.42 Å². The van der Waals surface area contributed by atoms with Gasteiger partial charge in [0.05, 0.1) is 0 Å². The number of aryl methyl sites for hydroxylation is 1. The van der Waals surface area contributed by atoms with Gasteiger partial charge in [-0.2, -0.15) is 17.5 Å². The maximum Gasteiger partial charge on any atom is 0.406 e. The van der Waals surface area contributed by atoms with Gasteiger partial charge in [0.15, 0.2) is 0 Å². The van der Waals surface area contributed by atoms with E-state index in [1.807, 2.05) is 0 Å². The Bertz CT molecular complexity index is 722. The largest absolute Gasteiger partial charge is 0.406 e. The molecule has 0 atom stereocenters. The van der Waals surface area contributed by atoms with Crippen molar-refractivity contribution in [3.63, 3.8) is 0 Å². The first-order valence-corrected chi connectivity index (χ1v) is 9.05. The van der Waals surface area contributed by atoms with Crippen LogP contribution in [-0.2, 0) is 17.1 Å². The van der Waals surface area contributed by atoms with E-state index in [1.54, 1.807) is 13.8 Å². The van der Waals surface area contributed by atoms with Gasteiger partial charge in [-0.3, -0.25) is 4.79 Å². The number of amides is 1. The fourth-order valence-corrected chi connectivity index (χ4v) is 3.88. The van der Waals surface area contributed by atoms with Gasteiger partial charge in [-0.1, -0.05) is 19.9 Å². The van der Waals surface area contributed by atoms with Crippen molar-refractivity contribution in [1.29, 1.82) is 0 Å². The van der Waals surface area contributed by atoms with Crippen LogP contribution in [0, 0.1) is 0 Å². The van der Waals surface area contributed by atoms with Gasteiger partial charge >= 0.3 is 6.18 Å². The number of nitrogens with zero attached hydrogens (tertiary/aromatic N) is 3. The number of hydrogen-bond donors (Lipinski definition) is 0. The highest BCUT2D eigenvalue weighted by Gasteiger charge is 2.34. The maximum absolute atomic E-state index is 12.7. The Kier molecular flexibility index (Phi) is 6.83. The number of hydrogen-bond acceptors (Lipinski definition) is 3. The van der Waals surface area contributed by atoms with E-state index in [-0.39, 0.29) is 30.2 Å². The second-order valence-corrected chi connectivity index (χ2v) is 7.29. The zero-order valence-electron chi connectivity index (χ0n) is 14.4. The average molecular weight is 381 g/mol. The van der Waals surface area contributed by atoms with Gasteiger partial charge < -0.3 is 9.47 Å². The Labute approximate surface area is 145 Å². The van der Waals surface area contributed by atoms with Gasteiger partial charge in [-0.05, 0) is 6.07 Å². The predicted octanol–water partition coefficient (Wildman–Crippen LogP) is 2.25. The highest BCUT2D eigenvalue weighted by Crippen LogP contribution is 2.22. The van der Waals surface area contributed by atoms with Crippen LogP contribution in [0.1, 0.15) is 24.3 Å². The van der Waals surface area contributed by atoms with E-state index >= 15 is 0 Å². The topological polar surface area (TPSA) is 62.6 Å². The Morgan fingerprint density at radius 3 is 2.32 bits per heavy atom. The van der Waals surface area contributed by atoms with E-state index < -0.39 is 28.7 Å². The van der Waals surface area contributed by atoms with Crippen LogP contribution in [0.25, 0.3) is 0 Å². The second kappa shape index (κ2) is 8.05. The molecule has 0 saturated heterocycles. The third-order valence-electron chi connectivity index (χ3n) is 3.55. The van der Waals surface area contributed by atoms with Crippen LogP contribution in [0.5, 0.6) is 0 Å². The molecule has 0 saturated carbocycles. The normalized spacial score (nSPS) is 12.4. The van der Waals surface area contributed by atoms with Crippen molar-refractivity contribution in [2.75, 3.05) is 26.2 Å². The number of carbonyl (C=O) groups is 1. The third kappa shape index (κ3) is 5.08. The minimum Gasteiger partial charge on any atom is -0.345 e. The molecule has 25 heavy (non-hydrogen) atoms. The van der Waals surface area contributed by atoms with Crippen LogP contribution in [0.2, 0.25) is 0 Å². The van der Waals surface area contributed by atoms with Crippen LogP contribution in [0.15, 0.2) is 29.8 Å². The molecule has 1 aromatic heterocycles. The molecule has 6 nitrogen and oxygen atoms in total. The lowest BCUT2D eigenvalue weighted by Gasteiger charge is -2.22. The molecule has 0 N–H and O–H groups in total. The molecule has 1 rings (SSSR count). The molecular formula is C15H22F3N3O3S. The molecule has 0 aliphatic heterocycles. The van der Waals surface area contributed by atoms with E-state index in [0.717, 1.165) is 6.07 Å². The minimum atomic E-state index is -4.57. The molecule has 0 unspecified atom stereocenters. The molecule has 0 aliphatic carbocycles. The second-order valence-electron chi connectivity index (χ2n) is 5.35. The van der Waals surface area contributed by atoms with Gasteiger partial charge in [-0.15, -0.1) is 6.58 Å². The van der Waals surface area contributed by atoms with E-state index in [2.05, 4.69) is 6.58 Å². The van der Waals surface area contributed by atoms with Crippen molar-refractivity contribution in [2.24, 2.45) is 7.05 Å². The van der Waals surface area contributed by atoms with Gasteiger partial charge in [0, 0.05) is 32.9 Å². The fraction of sp³-hybridized carbons (Fsp3) is 0.533. The standard InChI is InChI=1S/C15H22F3N3O3S/c1-5-8-20(11-15(16,17)18)14(22)13-9-12(10-19(13)4)25(23,24)21(6-2)7-3/h5,9-10H,1,6-8,11H2,2-4H3. The maximum atomic E-state index is 12.7. The van der Waals surface area contributed by atoms with E-state index in [0.29, 0.717) is 4.90 Å². The average Bonchev–Trinajstić information content (AvgIpc) is 2.88. The number of carbonyl (C=O) groups excluding carboxylic acids is 1. The zero-order chi connectivity index (χ0) is 19.4. The zero-order valence-corrected chi connectivity index (χ0v) is 15.2. The number of aromatic nitrogens is 1. The summed E-state index contributed by atoms with van der Waals surface area (Å²) in [6, 6.07) is 1.10. The summed E-state index contributed by atoms with van der Waals surface area (Å²) in [4.78, 5) is 12.9. The van der Waals surface area contributed by atoms with E-state index in [4.69, 9.17) is 0 Å². The van der Waals surface area contributed by atoms with Crippen molar-refractivity contribution in [1.82, 2.24) is 13.8 Å². The highest BCUT2D eigenvalue weighted by molar-refractivity contribution is 7.89. The molecular weight excluding hydrogens is 359 g/mol. The van der Waals surface area contributed by atoms with Crippen molar-refractivity contribution < 1.29 is 26.4 Å². The first-order valence-electron chi connectivity index (χ1n) is 7.61. The highest BCUT2D eigenvalue weighted by atomic mass is 32.2. The van der Waals surface area contributed by atoms with Gasteiger partial charge in [0.2, 0.25) is 10.0 Å². The van der Waals surface area contributed by atoms with E-state index in [1.165, 1.54) is 28.2 Å². The predicted molar refractivity (Wildman–Crippen MR) is 87.7 cm³/mol. The molecule has 0 aliphatic rings. The smallest absolute Gasteiger partial charge is 0.345 e. The fourth-order valence-electron chi connectivity index (χ4n) is 2.35. The summed E-state index contributed by atoms with van der Waals surface area (Å²) in [7, 11) is -2.40. The van der Waals surface area contributed by atoms with Crippen molar-refractivity contribution >= 4 is 15.9 Å². The lowest BCUT2D eigenvalue weighted by atomic mass is 10.3. The molecule has 1 amide bonds. The number of halogens is 3.